The number of aryl methyl sites for hydroxylation is 1. The van der Waals surface area contributed by atoms with E-state index in [4.69, 9.17) is 0 Å². The summed E-state index contributed by atoms with van der Waals surface area (Å²) in [5.41, 5.74) is 2.86. The molecule has 124 valence electrons. The number of amides is 1. The average Bonchev–Trinajstić information content (AvgIpc) is 3.41. The Balaban J connectivity index is 1.53. The second kappa shape index (κ2) is 6.86. The van der Waals surface area contributed by atoms with E-state index in [-0.39, 0.29) is 0 Å². The van der Waals surface area contributed by atoms with Gasteiger partial charge in [-0.3, -0.25) is 4.79 Å². The molecule has 23 heavy (non-hydrogen) atoms. The van der Waals surface area contributed by atoms with Gasteiger partial charge >= 0.3 is 0 Å². The summed E-state index contributed by atoms with van der Waals surface area (Å²) >= 11 is 1.97. The van der Waals surface area contributed by atoms with Gasteiger partial charge in [-0.1, -0.05) is 24.3 Å². The van der Waals surface area contributed by atoms with Crippen LogP contribution in [-0.2, 0) is 11.2 Å². The van der Waals surface area contributed by atoms with Crippen molar-refractivity contribution >= 4 is 17.7 Å². The quantitative estimate of drug-likeness (QED) is 0.920. The van der Waals surface area contributed by atoms with Crippen molar-refractivity contribution in [3.63, 3.8) is 0 Å². The molecule has 1 saturated carbocycles. The smallest absolute Gasteiger partial charge is 0.224 e. The van der Waals surface area contributed by atoms with Crippen molar-refractivity contribution in [3.8, 4) is 0 Å². The number of nitrogens with zero attached hydrogens (tertiary/aromatic N) is 1. The molecule has 0 aromatic heterocycles. The summed E-state index contributed by atoms with van der Waals surface area (Å²) in [4.78, 5) is 15.3. The van der Waals surface area contributed by atoms with E-state index in [9.17, 15) is 4.79 Å². The van der Waals surface area contributed by atoms with Crippen LogP contribution in [0.5, 0.6) is 0 Å². The molecule has 0 bridgehead atoms. The van der Waals surface area contributed by atoms with Crippen LogP contribution in [0.2, 0.25) is 0 Å². The van der Waals surface area contributed by atoms with Crippen molar-refractivity contribution in [3.05, 3.63) is 35.4 Å². The summed E-state index contributed by atoms with van der Waals surface area (Å²) in [6.07, 6.45) is 6.55. The third kappa shape index (κ3) is 3.43. The number of benzene rings is 1. The lowest BCUT2D eigenvalue weighted by Crippen LogP contribution is -2.45. The second-order valence-electron chi connectivity index (χ2n) is 7.07. The zero-order chi connectivity index (χ0) is 15.6. The molecular formula is C19H26N2OS. The number of hydrogen-bond donors (Lipinski definition) is 1. The Kier molecular flexibility index (Phi) is 4.63. The number of carbonyl (C=O) groups is 1. The van der Waals surface area contributed by atoms with Gasteiger partial charge in [-0.25, -0.2) is 0 Å². The SMILES string of the molecule is O=C(CC1CSCCN1)N(C1CC1)C1CCCc2ccccc21. The average molecular weight is 330 g/mol. The van der Waals surface area contributed by atoms with Crippen molar-refractivity contribution in [1.29, 1.82) is 0 Å². The standard InChI is InChI=1S/C19H26N2OS/c22-19(12-15-13-23-11-10-20-15)21(16-8-9-16)18-7-3-5-14-4-1-2-6-17(14)18/h1-2,4,6,15-16,18,20H,3,5,7-13H2. The first-order valence-electron chi connectivity index (χ1n) is 9.03. The fourth-order valence-electron chi connectivity index (χ4n) is 4.07. The predicted molar refractivity (Wildman–Crippen MR) is 95.7 cm³/mol. The first-order chi connectivity index (χ1) is 11.3. The molecule has 2 fully saturated rings. The topological polar surface area (TPSA) is 32.3 Å². The van der Waals surface area contributed by atoms with E-state index in [1.807, 2.05) is 11.8 Å². The normalized spacial score (nSPS) is 27.3. The predicted octanol–water partition coefficient (Wildman–Crippen LogP) is 3.15. The molecule has 2 atom stereocenters. The summed E-state index contributed by atoms with van der Waals surface area (Å²) < 4.78 is 0. The van der Waals surface area contributed by atoms with Gasteiger partial charge in [0.25, 0.3) is 0 Å². The van der Waals surface area contributed by atoms with Crippen LogP contribution in [0.15, 0.2) is 24.3 Å². The van der Waals surface area contributed by atoms with Gasteiger partial charge in [0.15, 0.2) is 0 Å². The van der Waals surface area contributed by atoms with Crippen molar-refractivity contribution in [2.45, 2.75) is 56.7 Å². The molecule has 3 nitrogen and oxygen atoms in total. The van der Waals surface area contributed by atoms with Crippen molar-refractivity contribution in [1.82, 2.24) is 10.2 Å². The van der Waals surface area contributed by atoms with Crippen molar-refractivity contribution in [2.24, 2.45) is 0 Å². The van der Waals surface area contributed by atoms with Crippen LogP contribution in [-0.4, -0.2) is 40.9 Å². The molecule has 1 N–H and O–H groups in total. The summed E-state index contributed by atoms with van der Waals surface area (Å²) in [6.45, 7) is 1.04. The van der Waals surface area contributed by atoms with E-state index in [0.717, 1.165) is 18.7 Å². The van der Waals surface area contributed by atoms with Crippen LogP contribution in [0.4, 0.5) is 0 Å². The maximum atomic E-state index is 13.1. The van der Waals surface area contributed by atoms with Gasteiger partial charge in [0.1, 0.15) is 0 Å². The van der Waals surface area contributed by atoms with Crippen molar-refractivity contribution in [2.75, 3.05) is 18.1 Å². The Morgan fingerprint density at radius 3 is 2.91 bits per heavy atom. The van der Waals surface area contributed by atoms with Crippen LogP contribution in [0, 0.1) is 0 Å². The van der Waals surface area contributed by atoms with Gasteiger partial charge in [0.05, 0.1) is 6.04 Å². The fourth-order valence-corrected chi connectivity index (χ4v) is 5.02. The highest BCUT2D eigenvalue weighted by molar-refractivity contribution is 7.99. The lowest BCUT2D eigenvalue weighted by molar-refractivity contribution is -0.135. The molecule has 1 heterocycles. The number of rotatable bonds is 4. The first kappa shape index (κ1) is 15.5. The number of nitrogens with one attached hydrogen (secondary N) is 1. The summed E-state index contributed by atoms with van der Waals surface area (Å²) in [7, 11) is 0. The highest BCUT2D eigenvalue weighted by Crippen LogP contribution is 2.41. The van der Waals surface area contributed by atoms with E-state index < -0.39 is 0 Å². The van der Waals surface area contributed by atoms with Crippen LogP contribution in [0.1, 0.15) is 49.3 Å². The van der Waals surface area contributed by atoms with Crippen LogP contribution in [0.3, 0.4) is 0 Å². The first-order valence-corrected chi connectivity index (χ1v) is 10.2. The second-order valence-corrected chi connectivity index (χ2v) is 8.22. The van der Waals surface area contributed by atoms with Gasteiger partial charge < -0.3 is 10.2 Å². The third-order valence-electron chi connectivity index (χ3n) is 5.32. The lowest BCUT2D eigenvalue weighted by atomic mass is 9.86. The van der Waals surface area contributed by atoms with E-state index in [1.165, 1.54) is 42.6 Å². The minimum absolute atomic E-state index is 0.316. The van der Waals surface area contributed by atoms with Crippen molar-refractivity contribution < 1.29 is 4.79 Å². The highest BCUT2D eigenvalue weighted by Gasteiger charge is 2.39. The molecule has 2 aliphatic carbocycles. The van der Waals surface area contributed by atoms with Gasteiger partial charge in [0, 0.05) is 36.6 Å². The number of carbonyl (C=O) groups excluding carboxylic acids is 1. The number of thioether (sulfide) groups is 1. The molecule has 4 heteroatoms. The maximum Gasteiger partial charge on any atom is 0.224 e. The number of fused-ring (bicyclic) bond motifs is 1. The highest BCUT2D eigenvalue weighted by atomic mass is 32.2. The molecule has 1 aliphatic heterocycles. The minimum Gasteiger partial charge on any atom is -0.333 e. The summed E-state index contributed by atoms with van der Waals surface area (Å²) in [5, 5.41) is 3.52. The lowest BCUT2D eigenvalue weighted by Gasteiger charge is -2.37. The maximum absolute atomic E-state index is 13.1. The Bertz CT molecular complexity index is 566. The van der Waals surface area contributed by atoms with E-state index in [1.54, 1.807) is 0 Å². The number of hydrogen-bond acceptors (Lipinski definition) is 3. The molecule has 0 radical (unpaired) electrons. The Hall–Kier alpha value is -1.00. The Morgan fingerprint density at radius 1 is 1.26 bits per heavy atom. The summed E-state index contributed by atoms with van der Waals surface area (Å²) in [5.74, 6) is 2.62. The van der Waals surface area contributed by atoms with E-state index in [0.29, 0.717) is 30.5 Å². The molecule has 1 amide bonds. The van der Waals surface area contributed by atoms with Gasteiger partial charge in [0.2, 0.25) is 5.91 Å². The zero-order valence-electron chi connectivity index (χ0n) is 13.7. The molecule has 4 rings (SSSR count). The van der Waals surface area contributed by atoms with Crippen LogP contribution in [0.25, 0.3) is 0 Å². The molecule has 1 aromatic carbocycles. The Morgan fingerprint density at radius 2 is 2.13 bits per heavy atom. The largest absolute Gasteiger partial charge is 0.333 e. The van der Waals surface area contributed by atoms with E-state index >= 15 is 0 Å². The molecule has 2 unspecified atom stereocenters. The Labute approximate surface area is 143 Å². The molecule has 0 spiro atoms. The van der Waals surface area contributed by atoms with Gasteiger partial charge in [-0.15, -0.1) is 0 Å². The zero-order valence-corrected chi connectivity index (χ0v) is 14.5. The van der Waals surface area contributed by atoms with Crippen LogP contribution >= 0.6 is 11.8 Å². The molecule has 1 saturated heterocycles. The molecule has 1 aromatic rings. The molecule has 3 aliphatic rings. The summed E-state index contributed by atoms with van der Waals surface area (Å²) in [6, 6.07) is 9.93. The minimum atomic E-state index is 0.316. The third-order valence-corrected chi connectivity index (χ3v) is 6.45. The monoisotopic (exact) mass is 330 g/mol. The fraction of sp³-hybridized carbons (Fsp3) is 0.632. The van der Waals surface area contributed by atoms with Crippen LogP contribution < -0.4 is 5.32 Å². The van der Waals surface area contributed by atoms with Gasteiger partial charge in [-0.05, 0) is 43.2 Å². The van der Waals surface area contributed by atoms with E-state index in [2.05, 4.69) is 34.5 Å². The van der Waals surface area contributed by atoms with Gasteiger partial charge in [-0.2, -0.15) is 11.8 Å². The molecular weight excluding hydrogens is 304 g/mol.